The summed E-state index contributed by atoms with van der Waals surface area (Å²) >= 11 is 0.761. The molecule has 162 valence electrons. The zero-order valence-corrected chi connectivity index (χ0v) is 17.3. The van der Waals surface area contributed by atoms with E-state index in [9.17, 15) is 19.2 Å². The molecule has 2 aromatic rings. The average molecular weight is 447 g/mol. The minimum absolute atomic E-state index is 0.0303. The fraction of sp³-hybridized carbons (Fsp3) is 0.200. The van der Waals surface area contributed by atoms with Crippen LogP contribution in [0.4, 0.5) is 4.79 Å². The molecule has 1 aliphatic heterocycles. The lowest BCUT2D eigenvalue weighted by Gasteiger charge is -2.10. The van der Waals surface area contributed by atoms with Crippen molar-refractivity contribution in [3.63, 3.8) is 0 Å². The lowest BCUT2D eigenvalue weighted by molar-refractivity contribution is -0.139. The number of carbonyl (C=O) groups is 4. The van der Waals surface area contributed by atoms with Crippen LogP contribution in [0.3, 0.4) is 0 Å². The number of furan rings is 1. The molecule has 3 rings (SSSR count). The van der Waals surface area contributed by atoms with Crippen molar-refractivity contribution >= 4 is 40.9 Å². The van der Waals surface area contributed by atoms with E-state index in [1.165, 1.54) is 38.5 Å². The Morgan fingerprint density at radius 3 is 2.61 bits per heavy atom. The Morgan fingerprint density at radius 2 is 1.94 bits per heavy atom. The standard InChI is InChI=1S/C20H17NO9S/c1-27-15-7-11(3-5-13(15)29-10-17(22)23)8-16-18(24)21(20(26)31-16)9-12-4-6-14(30-12)19(25)28-2/h3-8H,9-10H2,1-2H3,(H,22,23)/b16-8+. The molecule has 1 aromatic heterocycles. The van der Waals surface area contributed by atoms with E-state index in [-0.39, 0.29) is 34.5 Å². The Kier molecular flexibility index (Phi) is 6.65. The first kappa shape index (κ1) is 22.0. The summed E-state index contributed by atoms with van der Waals surface area (Å²) in [5, 5.41) is 8.24. The van der Waals surface area contributed by atoms with E-state index >= 15 is 0 Å². The summed E-state index contributed by atoms with van der Waals surface area (Å²) in [5.74, 6) is -1.58. The van der Waals surface area contributed by atoms with Gasteiger partial charge < -0.3 is 23.7 Å². The Morgan fingerprint density at radius 1 is 1.16 bits per heavy atom. The summed E-state index contributed by atoms with van der Waals surface area (Å²) in [4.78, 5) is 48.3. The number of nitrogens with zero attached hydrogens (tertiary/aromatic N) is 1. The molecule has 1 saturated heterocycles. The van der Waals surface area contributed by atoms with Gasteiger partial charge in [-0.1, -0.05) is 6.07 Å². The third-order valence-electron chi connectivity index (χ3n) is 4.07. The summed E-state index contributed by atoms with van der Waals surface area (Å²) in [6.07, 6.45) is 1.51. The molecule has 11 heteroatoms. The van der Waals surface area contributed by atoms with Crippen LogP contribution in [0.2, 0.25) is 0 Å². The number of esters is 1. The molecule has 1 aromatic carbocycles. The highest BCUT2D eigenvalue weighted by molar-refractivity contribution is 8.18. The number of imide groups is 1. The number of thioether (sulfide) groups is 1. The monoisotopic (exact) mass is 447 g/mol. The first-order valence-corrected chi connectivity index (χ1v) is 9.59. The normalized spacial score (nSPS) is 14.8. The Labute approximate surface area is 180 Å². The number of carboxylic acid groups (broad SMARTS) is 1. The van der Waals surface area contributed by atoms with Gasteiger partial charge >= 0.3 is 11.9 Å². The van der Waals surface area contributed by atoms with E-state index in [2.05, 4.69) is 4.74 Å². The van der Waals surface area contributed by atoms with E-state index in [0.29, 0.717) is 5.56 Å². The second kappa shape index (κ2) is 9.39. The van der Waals surface area contributed by atoms with Crippen LogP contribution in [-0.2, 0) is 20.9 Å². The molecule has 0 bridgehead atoms. The van der Waals surface area contributed by atoms with Crippen molar-refractivity contribution in [2.45, 2.75) is 6.54 Å². The summed E-state index contributed by atoms with van der Waals surface area (Å²) in [6, 6.07) is 7.55. The molecule has 2 amide bonds. The van der Waals surface area contributed by atoms with Crippen molar-refractivity contribution < 1.29 is 42.9 Å². The van der Waals surface area contributed by atoms with Crippen LogP contribution in [0.15, 0.2) is 39.7 Å². The van der Waals surface area contributed by atoms with Gasteiger partial charge in [0.1, 0.15) is 5.76 Å². The molecule has 0 unspecified atom stereocenters. The maximum Gasteiger partial charge on any atom is 0.373 e. The zero-order chi connectivity index (χ0) is 22.5. The van der Waals surface area contributed by atoms with Gasteiger partial charge in [-0.05, 0) is 47.7 Å². The number of hydrogen-bond donors (Lipinski definition) is 1. The molecule has 2 heterocycles. The molecule has 0 radical (unpaired) electrons. The predicted molar refractivity (Wildman–Crippen MR) is 108 cm³/mol. The van der Waals surface area contributed by atoms with Gasteiger partial charge in [-0.15, -0.1) is 0 Å². The third-order valence-corrected chi connectivity index (χ3v) is 4.98. The number of ether oxygens (including phenoxy) is 3. The predicted octanol–water partition coefficient (Wildman–Crippen LogP) is 2.77. The Balaban J connectivity index is 1.76. The molecule has 1 N–H and O–H groups in total. The Hall–Kier alpha value is -3.73. The van der Waals surface area contributed by atoms with Gasteiger partial charge in [0.25, 0.3) is 11.1 Å². The van der Waals surface area contributed by atoms with Gasteiger partial charge in [0, 0.05) is 0 Å². The quantitative estimate of drug-likeness (QED) is 0.476. The number of carboxylic acids is 1. The molecule has 1 fully saturated rings. The fourth-order valence-corrected chi connectivity index (χ4v) is 3.49. The van der Waals surface area contributed by atoms with Crippen LogP contribution < -0.4 is 9.47 Å². The van der Waals surface area contributed by atoms with E-state index in [0.717, 1.165) is 16.7 Å². The maximum atomic E-state index is 12.7. The second-order valence-corrected chi connectivity index (χ2v) is 7.11. The molecule has 10 nitrogen and oxygen atoms in total. The van der Waals surface area contributed by atoms with Crippen molar-refractivity contribution in [1.29, 1.82) is 0 Å². The number of hydrogen-bond acceptors (Lipinski definition) is 9. The van der Waals surface area contributed by atoms with Gasteiger partial charge in [0.15, 0.2) is 18.1 Å². The number of carbonyl (C=O) groups excluding carboxylic acids is 3. The van der Waals surface area contributed by atoms with Crippen molar-refractivity contribution in [2.24, 2.45) is 0 Å². The number of amides is 2. The highest BCUT2D eigenvalue weighted by atomic mass is 32.2. The van der Waals surface area contributed by atoms with E-state index in [1.807, 2.05) is 0 Å². The highest BCUT2D eigenvalue weighted by Gasteiger charge is 2.35. The summed E-state index contributed by atoms with van der Waals surface area (Å²) in [7, 11) is 2.61. The summed E-state index contributed by atoms with van der Waals surface area (Å²) < 4.78 is 20.2. The van der Waals surface area contributed by atoms with Crippen molar-refractivity contribution in [3.05, 3.63) is 52.3 Å². The SMILES string of the molecule is COC(=O)c1ccc(CN2C(=O)S/C(=C/c3ccc(OCC(=O)O)c(OC)c3)C2=O)o1. The maximum absolute atomic E-state index is 12.7. The van der Waals surface area contributed by atoms with Gasteiger partial charge in [-0.2, -0.15) is 0 Å². The molecule has 0 saturated carbocycles. The van der Waals surface area contributed by atoms with Gasteiger partial charge in [-0.3, -0.25) is 14.5 Å². The largest absolute Gasteiger partial charge is 0.493 e. The Bertz CT molecular complexity index is 1070. The lowest BCUT2D eigenvalue weighted by Crippen LogP contribution is -2.27. The lowest BCUT2D eigenvalue weighted by atomic mass is 10.2. The molecular formula is C20H17NO9S. The first-order chi connectivity index (χ1) is 14.8. The average Bonchev–Trinajstić information content (AvgIpc) is 3.32. The number of methoxy groups -OCH3 is 2. The van der Waals surface area contributed by atoms with E-state index in [4.69, 9.17) is 19.0 Å². The van der Waals surface area contributed by atoms with Crippen molar-refractivity contribution in [1.82, 2.24) is 4.90 Å². The smallest absolute Gasteiger partial charge is 0.373 e. The molecule has 31 heavy (non-hydrogen) atoms. The minimum Gasteiger partial charge on any atom is -0.493 e. The summed E-state index contributed by atoms with van der Waals surface area (Å²) in [6.45, 7) is -0.663. The number of rotatable bonds is 8. The van der Waals surface area contributed by atoms with Crippen molar-refractivity contribution in [3.8, 4) is 11.5 Å². The third kappa shape index (κ3) is 5.07. The summed E-state index contributed by atoms with van der Waals surface area (Å²) in [5.41, 5.74) is 0.552. The topological polar surface area (TPSA) is 133 Å². The van der Waals surface area contributed by atoms with Crippen molar-refractivity contribution in [2.75, 3.05) is 20.8 Å². The van der Waals surface area contributed by atoms with Crippen LogP contribution in [0.25, 0.3) is 6.08 Å². The molecule has 1 aliphatic rings. The van der Waals surface area contributed by atoms with Crippen LogP contribution in [0, 0.1) is 0 Å². The van der Waals surface area contributed by atoms with Gasteiger partial charge in [0.2, 0.25) is 5.76 Å². The van der Waals surface area contributed by atoms with Gasteiger partial charge in [-0.25, -0.2) is 9.59 Å². The molecule has 0 atom stereocenters. The molecular weight excluding hydrogens is 430 g/mol. The van der Waals surface area contributed by atoms with Crippen LogP contribution >= 0.6 is 11.8 Å². The van der Waals surface area contributed by atoms with Gasteiger partial charge in [0.05, 0.1) is 25.7 Å². The highest BCUT2D eigenvalue weighted by Crippen LogP contribution is 2.35. The number of benzene rings is 1. The van der Waals surface area contributed by atoms with Crippen LogP contribution in [0.5, 0.6) is 11.5 Å². The van der Waals surface area contributed by atoms with Crippen LogP contribution in [-0.4, -0.2) is 53.9 Å². The first-order valence-electron chi connectivity index (χ1n) is 8.77. The second-order valence-electron chi connectivity index (χ2n) is 6.12. The van der Waals surface area contributed by atoms with E-state index < -0.39 is 29.7 Å². The molecule has 0 spiro atoms. The van der Waals surface area contributed by atoms with E-state index in [1.54, 1.807) is 12.1 Å². The molecule has 0 aliphatic carbocycles. The minimum atomic E-state index is -1.13. The number of aliphatic carboxylic acids is 1. The van der Waals surface area contributed by atoms with Crippen LogP contribution in [0.1, 0.15) is 21.9 Å². The fourth-order valence-electron chi connectivity index (χ4n) is 2.65. The zero-order valence-electron chi connectivity index (χ0n) is 16.4.